The number of benzene rings is 2. The van der Waals surface area contributed by atoms with Gasteiger partial charge in [-0.2, -0.15) is 0 Å². The maximum atomic E-state index is 14.7. The number of ether oxygens (including phenoxy) is 10. The summed E-state index contributed by atoms with van der Waals surface area (Å²) in [5.41, 5.74) is 4.71. The van der Waals surface area contributed by atoms with E-state index >= 15 is 0 Å². The molecular formula is C83H117N3O20. The van der Waals surface area contributed by atoms with Crippen LogP contribution in [0.15, 0.2) is 96.1 Å². The normalized spacial score (nSPS) is 29.5. The Morgan fingerprint density at radius 1 is 0.717 bits per heavy atom. The minimum absolute atomic E-state index is 0.00904. The number of hydrogen-bond donors (Lipinski definition) is 3. The summed E-state index contributed by atoms with van der Waals surface area (Å²) in [6.07, 6.45) is 11.9. The molecule has 1 saturated carbocycles. The molecule has 7 rings (SSSR count). The van der Waals surface area contributed by atoms with Crippen LogP contribution in [-0.4, -0.2) is 204 Å². The number of fused-ring (bicyclic) bond motifs is 5. The van der Waals surface area contributed by atoms with Crippen LogP contribution in [0.25, 0.3) is 0 Å². The molecule has 0 aromatic heterocycles. The van der Waals surface area contributed by atoms with Crippen molar-refractivity contribution in [2.75, 3.05) is 92.2 Å². The van der Waals surface area contributed by atoms with Crippen molar-refractivity contribution in [3.05, 3.63) is 113 Å². The van der Waals surface area contributed by atoms with E-state index in [1.165, 1.54) is 12.0 Å². The van der Waals surface area contributed by atoms with Gasteiger partial charge in [0.15, 0.2) is 5.78 Å². The molecule has 2 aromatic rings. The first-order valence-corrected chi connectivity index (χ1v) is 38.2. The van der Waals surface area contributed by atoms with E-state index in [4.69, 9.17) is 47.4 Å². The van der Waals surface area contributed by atoms with Crippen LogP contribution in [0.3, 0.4) is 0 Å². The van der Waals surface area contributed by atoms with Gasteiger partial charge in [0.2, 0.25) is 17.6 Å². The molecule has 0 unspecified atom stereocenters. The molecule has 3 fully saturated rings. The van der Waals surface area contributed by atoms with Gasteiger partial charge in [0, 0.05) is 89.0 Å². The van der Waals surface area contributed by atoms with Gasteiger partial charge in [-0.05, 0) is 144 Å². The molecule has 1 aliphatic carbocycles. The highest BCUT2D eigenvalue weighted by Crippen LogP contribution is 2.39. The number of methoxy groups -OCH3 is 3. The second-order valence-corrected chi connectivity index (χ2v) is 29.2. The topological polar surface area (TPSA) is 288 Å². The molecule has 0 spiro atoms. The molecule has 4 heterocycles. The average Bonchev–Trinajstić information content (AvgIpc) is 0.776. The quantitative estimate of drug-likeness (QED) is 0.0246. The van der Waals surface area contributed by atoms with Gasteiger partial charge in [-0.3, -0.25) is 33.6 Å². The van der Waals surface area contributed by atoms with Crippen LogP contribution in [0.4, 0.5) is 5.69 Å². The lowest BCUT2D eigenvalue weighted by Gasteiger charge is -2.42. The Hall–Kier alpha value is -7.08. The summed E-state index contributed by atoms with van der Waals surface area (Å²) in [6.45, 7) is 15.7. The molecule has 2 saturated heterocycles. The van der Waals surface area contributed by atoms with Gasteiger partial charge in [0.25, 0.3) is 11.7 Å². The maximum Gasteiger partial charge on any atom is 0.329 e. The Kier molecular flexibility index (Phi) is 36.1. The third-order valence-electron chi connectivity index (χ3n) is 21.1. The molecule has 15 atom stereocenters. The van der Waals surface area contributed by atoms with Crippen LogP contribution in [0.1, 0.15) is 174 Å². The molecule has 23 nitrogen and oxygen atoms in total. The van der Waals surface area contributed by atoms with Crippen molar-refractivity contribution in [1.29, 1.82) is 0 Å². The number of aliphatic hydroxyl groups is 2. The molecule has 23 heteroatoms. The van der Waals surface area contributed by atoms with Crippen LogP contribution < -0.4 is 10.2 Å². The number of Topliss-reactive ketones (excluding diaryl/α,β-unsaturated/α-hetero) is 3. The zero-order valence-electron chi connectivity index (χ0n) is 64.1. The number of aliphatic hydroxyl groups excluding tert-OH is 1. The van der Waals surface area contributed by atoms with Gasteiger partial charge < -0.3 is 72.7 Å². The summed E-state index contributed by atoms with van der Waals surface area (Å²) in [5, 5.41) is 26.6. The highest BCUT2D eigenvalue weighted by molar-refractivity contribution is 6.39. The Morgan fingerprint density at radius 2 is 1.40 bits per heavy atom. The number of hydrogen-bond acceptors (Lipinski definition) is 20. The van der Waals surface area contributed by atoms with Gasteiger partial charge in [-0.1, -0.05) is 113 Å². The van der Waals surface area contributed by atoms with Crippen LogP contribution in [0.5, 0.6) is 0 Å². The summed E-state index contributed by atoms with van der Waals surface area (Å²) in [7, 11) is 4.50. The fourth-order valence-electron chi connectivity index (χ4n) is 14.6. The number of anilines is 1. The summed E-state index contributed by atoms with van der Waals surface area (Å²) in [5.74, 6) is -2.71. The number of carbonyl (C=O) groups excluding carboxylic acids is 8. The zero-order valence-corrected chi connectivity index (χ0v) is 64.1. The van der Waals surface area contributed by atoms with E-state index in [2.05, 4.69) is 17.2 Å². The third-order valence-corrected chi connectivity index (χ3v) is 21.1. The molecule has 4 aliphatic heterocycles. The number of cyclic esters (lactones) is 1. The largest absolute Gasteiger partial charge is 0.460 e. The first-order chi connectivity index (χ1) is 51.0. The van der Waals surface area contributed by atoms with E-state index in [-0.39, 0.29) is 87.3 Å². The number of rotatable bonds is 27. The van der Waals surface area contributed by atoms with E-state index in [0.717, 1.165) is 28.0 Å². The zero-order chi connectivity index (χ0) is 76.7. The van der Waals surface area contributed by atoms with Crippen molar-refractivity contribution in [2.24, 2.45) is 35.5 Å². The molecule has 2 bridgehead atoms. The Bertz CT molecular complexity index is 3410. The number of unbranched alkanes of at least 4 members (excludes halogenated alkanes) is 1. The highest BCUT2D eigenvalue weighted by Gasteiger charge is 2.53. The van der Waals surface area contributed by atoms with Gasteiger partial charge >= 0.3 is 11.9 Å². The average molecular weight is 1480 g/mol. The second-order valence-electron chi connectivity index (χ2n) is 29.2. The summed E-state index contributed by atoms with van der Waals surface area (Å²) in [6, 6.07) is 14.3. The number of para-hydroxylation sites is 1. The number of esters is 2. The number of carbonyl (C=O) groups is 8. The number of piperidine rings is 1. The smallest absolute Gasteiger partial charge is 0.329 e. The fourth-order valence-corrected chi connectivity index (χ4v) is 14.6. The molecule has 2 aromatic carbocycles. The number of allylic oxidation sites excluding steroid dienone is 6. The number of ketones is 3. The Morgan fingerprint density at radius 3 is 2.11 bits per heavy atom. The minimum Gasteiger partial charge on any atom is -0.460 e. The van der Waals surface area contributed by atoms with Crippen molar-refractivity contribution in [3.8, 4) is 11.8 Å². The predicted molar refractivity (Wildman–Crippen MR) is 398 cm³/mol. The van der Waals surface area contributed by atoms with Crippen molar-refractivity contribution >= 4 is 52.7 Å². The summed E-state index contributed by atoms with van der Waals surface area (Å²) >= 11 is 0. The lowest BCUT2D eigenvalue weighted by atomic mass is 9.78. The standard InChI is InChI=1S/C83H117N3O20/c1-55-22-12-11-13-23-56(2)71(97-8)52-66-35-31-61(7)83(96,106-66)80(93)81(94)85-39-21-20-28-68(85)82(95)105-72(53-69(87)57(3)49-60(6)78(92)79(99-10)77(91)59(5)48-55)58(4)50-62-32-36-70(73(51-62)98-9)104-76(90)37-40-100-42-44-102-46-47-103-45-43-101-41-38-84-74(88)29-18-19-30-75(89)86-54-65-26-15-14-24-63(65)33-34-64-25-16-17-27-67(64)86/h11-17,22-27,49,55,57-59,61-62,66,68,70-73,78-79,92,96H,18-21,28-32,35-48,50-54H2,1-10H3,(H,84,88)/b13-11+,22-12+,56-23+,60-49+/t55-,57-,58-,59-,61-,62+,66+,68+,70-,71+,72+,73-,78-,79+,83-/m1/s1. The first kappa shape index (κ1) is 86.2. The number of nitrogens with zero attached hydrogens (tertiary/aromatic N) is 2. The SMILES string of the molecule is CO[C@H]1C[C@@H]2CC[C@@H](C)[C@@](O)(O2)C(=O)C(=O)N2CCCC[C@H]2C(=O)O[C@H]([C@H](C)C[C@@H]2CC[C@@H](OC(=O)CCOCCOCCOCCOCCNC(=O)CCCCC(=O)N3Cc4ccccc4C#Cc4ccccc43)[C@H](OC)C2)CC(=O)[C@H](C)/C=C(\C)[C@@H](O)[C@@H](OC)C(=O)[C@H](C)C[C@H](C)/C=C/C=C/C=C/1C. The molecular weight excluding hydrogens is 1360 g/mol. The Balaban J connectivity index is 0.834. The highest BCUT2D eigenvalue weighted by atomic mass is 16.6. The summed E-state index contributed by atoms with van der Waals surface area (Å²) in [4.78, 5) is 114. The van der Waals surface area contributed by atoms with E-state index in [9.17, 15) is 48.6 Å². The minimum atomic E-state index is -2.48. The van der Waals surface area contributed by atoms with E-state index in [1.54, 1.807) is 52.9 Å². The van der Waals surface area contributed by atoms with Crippen molar-refractivity contribution in [3.63, 3.8) is 0 Å². The molecule has 106 heavy (non-hydrogen) atoms. The molecule has 3 amide bonds. The lowest BCUT2D eigenvalue weighted by Crippen LogP contribution is -2.61. The van der Waals surface area contributed by atoms with Crippen LogP contribution in [0, 0.1) is 47.3 Å². The first-order valence-electron chi connectivity index (χ1n) is 38.2. The van der Waals surface area contributed by atoms with Crippen LogP contribution in [-0.2, 0) is 92.3 Å². The molecule has 5 aliphatic rings. The molecule has 0 radical (unpaired) electrons. The number of nitrogens with one attached hydrogen (secondary N) is 1. The molecule has 3 N–H and O–H groups in total. The van der Waals surface area contributed by atoms with Gasteiger partial charge in [-0.15, -0.1) is 0 Å². The molecule has 584 valence electrons. The van der Waals surface area contributed by atoms with Crippen molar-refractivity contribution < 1.29 is 95.9 Å². The lowest BCUT2D eigenvalue weighted by molar-refractivity contribution is -0.265. The van der Waals surface area contributed by atoms with Crippen LogP contribution >= 0.6 is 0 Å². The van der Waals surface area contributed by atoms with Gasteiger partial charge in [0.05, 0.1) is 89.8 Å². The van der Waals surface area contributed by atoms with E-state index in [0.29, 0.717) is 135 Å². The van der Waals surface area contributed by atoms with Crippen molar-refractivity contribution in [2.45, 2.75) is 219 Å². The van der Waals surface area contributed by atoms with Gasteiger partial charge in [0.1, 0.15) is 36.2 Å². The fraction of sp³-hybridized carbons (Fsp3) is 0.639. The second kappa shape index (κ2) is 44.4. The predicted octanol–water partition coefficient (Wildman–Crippen LogP) is 9.81. The van der Waals surface area contributed by atoms with Gasteiger partial charge in [-0.25, -0.2) is 4.79 Å². The summed E-state index contributed by atoms with van der Waals surface area (Å²) < 4.78 is 58.5. The monoisotopic (exact) mass is 1480 g/mol. The van der Waals surface area contributed by atoms with E-state index < -0.39 is 102 Å². The van der Waals surface area contributed by atoms with E-state index in [1.807, 2.05) is 99.7 Å². The van der Waals surface area contributed by atoms with Crippen LogP contribution in [0.2, 0.25) is 0 Å². The Labute approximate surface area is 627 Å². The number of amides is 3. The third kappa shape index (κ3) is 26.1. The van der Waals surface area contributed by atoms with Crippen molar-refractivity contribution in [1.82, 2.24) is 10.2 Å². The maximum absolute atomic E-state index is 14.7.